The molecule has 166 valence electrons. The van der Waals surface area contributed by atoms with Crippen LogP contribution in [0.5, 0.6) is 0 Å². The fraction of sp³-hybridized carbons (Fsp3) is 0.348. The number of anilines is 2. The Morgan fingerprint density at radius 2 is 1.94 bits per heavy atom. The number of hydrogen-bond acceptors (Lipinski definition) is 5. The topological polar surface area (TPSA) is 113 Å². The number of hydrogen-bond donors (Lipinski definition) is 1. The lowest BCUT2D eigenvalue weighted by Crippen LogP contribution is -2.43. The molecular formula is C23H24N4O5. The van der Waals surface area contributed by atoms with Gasteiger partial charge in [-0.05, 0) is 56.5 Å². The first-order chi connectivity index (χ1) is 15.3. The van der Waals surface area contributed by atoms with E-state index in [-0.39, 0.29) is 23.4 Å². The molecule has 9 nitrogen and oxygen atoms in total. The van der Waals surface area contributed by atoms with Crippen molar-refractivity contribution in [1.29, 1.82) is 0 Å². The van der Waals surface area contributed by atoms with Gasteiger partial charge in [-0.15, -0.1) is 0 Å². The maximum Gasteiger partial charge on any atom is 0.272 e. The molecule has 0 radical (unpaired) electrons. The monoisotopic (exact) mass is 436 g/mol. The molecule has 2 aliphatic rings. The third kappa shape index (κ3) is 4.18. The molecule has 0 spiro atoms. The van der Waals surface area contributed by atoms with Gasteiger partial charge in [0, 0.05) is 48.1 Å². The summed E-state index contributed by atoms with van der Waals surface area (Å²) in [6.45, 7) is 2.69. The number of carbonyl (C=O) groups is 3. The van der Waals surface area contributed by atoms with E-state index in [1.165, 1.54) is 23.1 Å². The van der Waals surface area contributed by atoms with Crippen molar-refractivity contribution in [2.24, 2.45) is 0 Å². The van der Waals surface area contributed by atoms with Crippen LogP contribution in [0.1, 0.15) is 41.6 Å². The molecule has 2 fully saturated rings. The zero-order valence-electron chi connectivity index (χ0n) is 17.7. The van der Waals surface area contributed by atoms with Gasteiger partial charge in [-0.2, -0.15) is 0 Å². The van der Waals surface area contributed by atoms with Gasteiger partial charge in [0.15, 0.2) is 0 Å². The number of nitro groups is 1. The maximum absolute atomic E-state index is 13.0. The third-order valence-electron chi connectivity index (χ3n) is 5.96. The molecule has 3 amide bonds. The number of benzene rings is 2. The summed E-state index contributed by atoms with van der Waals surface area (Å²) in [5, 5.41) is 13.9. The van der Waals surface area contributed by atoms with Crippen LogP contribution in [-0.4, -0.2) is 46.7 Å². The zero-order chi connectivity index (χ0) is 22.8. The molecule has 9 heteroatoms. The Morgan fingerprint density at radius 3 is 2.62 bits per heavy atom. The van der Waals surface area contributed by atoms with Gasteiger partial charge in [0.2, 0.25) is 11.8 Å². The van der Waals surface area contributed by atoms with Crippen LogP contribution < -0.4 is 10.2 Å². The number of rotatable bonds is 5. The number of aryl methyl sites for hydroxylation is 1. The summed E-state index contributed by atoms with van der Waals surface area (Å²) in [5.74, 6) is -0.545. The summed E-state index contributed by atoms with van der Waals surface area (Å²) in [4.78, 5) is 51.8. The summed E-state index contributed by atoms with van der Waals surface area (Å²) >= 11 is 0. The minimum absolute atomic E-state index is 0.0476. The molecule has 2 aromatic carbocycles. The number of nitrogens with zero attached hydrogens (tertiary/aromatic N) is 3. The third-order valence-corrected chi connectivity index (χ3v) is 5.96. The second-order valence-electron chi connectivity index (χ2n) is 8.10. The molecular weight excluding hydrogens is 412 g/mol. The summed E-state index contributed by atoms with van der Waals surface area (Å²) in [6, 6.07) is 10.7. The van der Waals surface area contributed by atoms with Crippen LogP contribution in [-0.2, 0) is 9.59 Å². The van der Waals surface area contributed by atoms with Gasteiger partial charge in [-0.1, -0.05) is 6.07 Å². The smallest absolute Gasteiger partial charge is 0.272 e. The fourth-order valence-corrected chi connectivity index (χ4v) is 4.34. The number of carbonyl (C=O) groups excluding carboxylic acids is 3. The van der Waals surface area contributed by atoms with Crippen LogP contribution >= 0.6 is 0 Å². The van der Waals surface area contributed by atoms with Crippen molar-refractivity contribution in [2.75, 3.05) is 23.3 Å². The van der Waals surface area contributed by atoms with Crippen molar-refractivity contribution in [3.8, 4) is 0 Å². The summed E-state index contributed by atoms with van der Waals surface area (Å²) in [7, 11) is 0. The molecule has 32 heavy (non-hydrogen) atoms. The molecule has 2 heterocycles. The quantitative estimate of drug-likeness (QED) is 0.571. The molecule has 2 saturated heterocycles. The van der Waals surface area contributed by atoms with E-state index >= 15 is 0 Å². The molecule has 0 aromatic heterocycles. The Balaban J connectivity index is 1.48. The van der Waals surface area contributed by atoms with E-state index in [0.29, 0.717) is 49.2 Å². The van der Waals surface area contributed by atoms with E-state index in [0.717, 1.165) is 12.1 Å². The number of nitrogens with one attached hydrogen (secondary N) is 1. The van der Waals surface area contributed by atoms with Crippen molar-refractivity contribution < 1.29 is 19.3 Å². The molecule has 4 rings (SSSR count). The average Bonchev–Trinajstić information content (AvgIpc) is 3.42. The Bertz CT molecular complexity index is 1100. The maximum atomic E-state index is 13.0. The largest absolute Gasteiger partial charge is 0.327 e. The Labute approximate surface area is 185 Å². The van der Waals surface area contributed by atoms with Crippen molar-refractivity contribution in [2.45, 2.75) is 38.6 Å². The van der Waals surface area contributed by atoms with E-state index in [9.17, 15) is 24.5 Å². The molecule has 2 aliphatic heterocycles. The second-order valence-corrected chi connectivity index (χ2v) is 8.10. The lowest BCUT2D eigenvalue weighted by Gasteiger charge is -2.24. The van der Waals surface area contributed by atoms with Gasteiger partial charge in [-0.3, -0.25) is 24.5 Å². The van der Waals surface area contributed by atoms with Crippen molar-refractivity contribution in [1.82, 2.24) is 4.90 Å². The Kier molecular flexibility index (Phi) is 5.89. The highest BCUT2D eigenvalue weighted by atomic mass is 16.6. The van der Waals surface area contributed by atoms with Gasteiger partial charge in [-0.25, -0.2) is 0 Å². The van der Waals surface area contributed by atoms with Crippen molar-refractivity contribution in [3.05, 3.63) is 63.7 Å². The molecule has 1 unspecified atom stereocenters. The predicted molar refractivity (Wildman–Crippen MR) is 119 cm³/mol. The lowest BCUT2D eigenvalue weighted by molar-refractivity contribution is -0.385. The second kappa shape index (κ2) is 8.78. The van der Waals surface area contributed by atoms with Gasteiger partial charge in [0.1, 0.15) is 6.04 Å². The van der Waals surface area contributed by atoms with E-state index in [4.69, 9.17) is 0 Å². The zero-order valence-corrected chi connectivity index (χ0v) is 17.7. The average molecular weight is 436 g/mol. The van der Waals surface area contributed by atoms with Crippen LogP contribution in [0.2, 0.25) is 0 Å². The van der Waals surface area contributed by atoms with Crippen molar-refractivity contribution in [3.63, 3.8) is 0 Å². The lowest BCUT2D eigenvalue weighted by atomic mass is 10.1. The molecule has 1 N–H and O–H groups in total. The first-order valence-electron chi connectivity index (χ1n) is 10.6. The highest BCUT2D eigenvalue weighted by molar-refractivity contribution is 6.02. The summed E-state index contributed by atoms with van der Waals surface area (Å²) in [6.07, 6.45) is 2.57. The van der Waals surface area contributed by atoms with E-state index in [1.807, 2.05) is 6.07 Å². The molecule has 1 atom stereocenters. The Morgan fingerprint density at radius 1 is 1.12 bits per heavy atom. The first-order valence-corrected chi connectivity index (χ1v) is 10.6. The van der Waals surface area contributed by atoms with Crippen LogP contribution in [0.3, 0.4) is 0 Å². The van der Waals surface area contributed by atoms with Gasteiger partial charge < -0.3 is 15.1 Å². The van der Waals surface area contributed by atoms with Crippen LogP contribution in [0.4, 0.5) is 17.1 Å². The van der Waals surface area contributed by atoms with E-state index in [1.54, 1.807) is 30.0 Å². The number of nitro benzene ring substituents is 1. The van der Waals surface area contributed by atoms with Gasteiger partial charge >= 0.3 is 0 Å². The first kappa shape index (κ1) is 21.5. The minimum Gasteiger partial charge on any atom is -0.327 e. The Hall–Kier alpha value is -3.75. The fourth-order valence-electron chi connectivity index (χ4n) is 4.34. The minimum atomic E-state index is -0.630. The summed E-state index contributed by atoms with van der Waals surface area (Å²) in [5.41, 5.74) is 1.98. The van der Waals surface area contributed by atoms with Crippen LogP contribution in [0.15, 0.2) is 42.5 Å². The predicted octanol–water partition coefficient (Wildman–Crippen LogP) is 3.27. The normalized spacial score (nSPS) is 18.2. The highest BCUT2D eigenvalue weighted by Crippen LogP contribution is 2.27. The van der Waals surface area contributed by atoms with Crippen LogP contribution in [0.25, 0.3) is 0 Å². The molecule has 0 aliphatic carbocycles. The molecule has 2 aromatic rings. The number of amides is 3. The van der Waals surface area contributed by atoms with Crippen molar-refractivity contribution >= 4 is 34.8 Å². The van der Waals surface area contributed by atoms with Crippen LogP contribution in [0, 0.1) is 17.0 Å². The van der Waals surface area contributed by atoms with Gasteiger partial charge in [0.05, 0.1) is 4.92 Å². The summed E-state index contributed by atoms with van der Waals surface area (Å²) < 4.78 is 0. The highest BCUT2D eigenvalue weighted by Gasteiger charge is 2.35. The van der Waals surface area contributed by atoms with E-state index in [2.05, 4.69) is 5.32 Å². The molecule has 0 saturated carbocycles. The van der Waals surface area contributed by atoms with Gasteiger partial charge in [0.25, 0.3) is 11.6 Å². The standard InChI is InChI=1S/C23H24N4O5/c1-15-13-16(9-10-19(15)27(31)32)23(30)26-12-3-7-20(26)22(29)24-17-5-2-6-18(14-17)25-11-4-8-21(25)28/h2,5-6,9-10,13-14,20H,3-4,7-8,11-12H2,1H3,(H,24,29). The van der Waals surface area contributed by atoms with E-state index < -0.39 is 11.0 Å². The SMILES string of the molecule is Cc1cc(C(=O)N2CCCC2C(=O)Nc2cccc(N3CCCC3=O)c2)ccc1[N+](=O)[O-]. The number of likely N-dealkylation sites (tertiary alicyclic amines) is 1. The molecule has 0 bridgehead atoms.